The lowest BCUT2D eigenvalue weighted by atomic mass is 10.1. The molecule has 0 aliphatic rings. The van der Waals surface area contributed by atoms with E-state index in [2.05, 4.69) is 21.2 Å². The zero-order chi connectivity index (χ0) is 23.3. The molecule has 0 saturated heterocycles. The Hall–Kier alpha value is -2.19. The smallest absolute Gasteiger partial charge is 0.243 e. The largest absolute Gasteiger partial charge is 0.324 e. The van der Waals surface area contributed by atoms with Crippen LogP contribution in [0.4, 0.5) is 5.69 Å². The van der Waals surface area contributed by atoms with Gasteiger partial charge in [0.05, 0.1) is 11.4 Å². The van der Waals surface area contributed by atoms with Crippen molar-refractivity contribution in [1.82, 2.24) is 4.31 Å². The zero-order valence-electron chi connectivity index (χ0n) is 17.8. The third-order valence-electron chi connectivity index (χ3n) is 5.03. The Bertz CT molecular complexity index is 1180. The van der Waals surface area contributed by atoms with Gasteiger partial charge in [-0.2, -0.15) is 4.31 Å². The summed E-state index contributed by atoms with van der Waals surface area (Å²) in [7, 11) is -3.90. The van der Waals surface area contributed by atoms with E-state index in [0.29, 0.717) is 17.1 Å². The summed E-state index contributed by atoms with van der Waals surface area (Å²) >= 11 is 9.37. The van der Waals surface area contributed by atoms with Crippen molar-refractivity contribution in [2.75, 3.05) is 18.4 Å². The first-order valence-electron chi connectivity index (χ1n) is 10.0. The van der Waals surface area contributed by atoms with Crippen molar-refractivity contribution in [2.45, 2.75) is 25.2 Å². The minimum absolute atomic E-state index is 0.0961. The van der Waals surface area contributed by atoms with Crippen LogP contribution in [0.15, 0.2) is 76.1 Å². The van der Waals surface area contributed by atoms with Gasteiger partial charge in [0.2, 0.25) is 15.9 Å². The van der Waals surface area contributed by atoms with Crippen LogP contribution in [0.1, 0.15) is 16.7 Å². The number of benzene rings is 3. The van der Waals surface area contributed by atoms with Crippen molar-refractivity contribution in [3.8, 4) is 0 Å². The molecule has 8 heteroatoms. The van der Waals surface area contributed by atoms with Gasteiger partial charge in [-0.25, -0.2) is 8.42 Å². The van der Waals surface area contributed by atoms with E-state index in [0.717, 1.165) is 21.2 Å². The summed E-state index contributed by atoms with van der Waals surface area (Å²) in [4.78, 5) is 13.0. The summed E-state index contributed by atoms with van der Waals surface area (Å²) in [5.41, 5.74) is 3.46. The molecular formula is C24H24BrClN2O3S. The Morgan fingerprint density at radius 3 is 2.19 bits per heavy atom. The van der Waals surface area contributed by atoms with E-state index < -0.39 is 15.9 Å². The highest BCUT2D eigenvalue weighted by atomic mass is 79.9. The summed E-state index contributed by atoms with van der Waals surface area (Å²) in [5, 5.41) is 3.32. The maximum absolute atomic E-state index is 13.3. The Balaban J connectivity index is 1.84. The lowest BCUT2D eigenvalue weighted by Crippen LogP contribution is -2.39. The molecule has 1 N–H and O–H groups in total. The first-order chi connectivity index (χ1) is 15.2. The molecule has 0 heterocycles. The fourth-order valence-corrected chi connectivity index (χ4v) is 5.60. The van der Waals surface area contributed by atoms with Crippen molar-refractivity contribution < 1.29 is 13.2 Å². The van der Waals surface area contributed by atoms with Gasteiger partial charge < -0.3 is 5.32 Å². The maximum Gasteiger partial charge on any atom is 0.243 e. The van der Waals surface area contributed by atoms with Gasteiger partial charge in [-0.05, 0) is 73.4 Å². The van der Waals surface area contributed by atoms with E-state index >= 15 is 0 Å². The lowest BCUT2D eigenvalue weighted by molar-refractivity contribution is -0.116. The quantitative estimate of drug-likeness (QED) is 0.409. The second-order valence-electron chi connectivity index (χ2n) is 7.49. The molecule has 3 aromatic rings. The van der Waals surface area contributed by atoms with Crippen LogP contribution in [0.3, 0.4) is 0 Å². The zero-order valence-corrected chi connectivity index (χ0v) is 21.0. The molecule has 0 unspecified atom stereocenters. The first kappa shape index (κ1) is 24.5. The number of rotatable bonds is 8. The molecule has 32 heavy (non-hydrogen) atoms. The highest BCUT2D eigenvalue weighted by molar-refractivity contribution is 9.10. The fourth-order valence-electron chi connectivity index (χ4n) is 3.39. The number of carbonyl (C=O) groups is 1. The Morgan fingerprint density at radius 1 is 1.00 bits per heavy atom. The van der Waals surface area contributed by atoms with Crippen LogP contribution in [0.25, 0.3) is 0 Å². The van der Waals surface area contributed by atoms with Crippen LogP contribution < -0.4 is 5.32 Å². The number of nitrogens with one attached hydrogen (secondary N) is 1. The molecule has 5 nitrogen and oxygen atoms in total. The average Bonchev–Trinajstić information content (AvgIpc) is 2.74. The van der Waals surface area contributed by atoms with Crippen LogP contribution in [0, 0.1) is 13.8 Å². The molecule has 0 aromatic heterocycles. The summed E-state index contributed by atoms with van der Waals surface area (Å²) in [6, 6.07) is 19.3. The number of sulfonamides is 1. The SMILES string of the molecule is Cc1cc(Br)cc(C)c1NC(=O)CN(CCc1ccccc1)S(=O)(=O)c1ccc(Cl)cc1. The van der Waals surface area contributed by atoms with Gasteiger partial charge in [0, 0.05) is 21.7 Å². The third kappa shape index (κ3) is 6.19. The molecular weight excluding hydrogens is 512 g/mol. The van der Waals surface area contributed by atoms with Gasteiger partial charge in [0.1, 0.15) is 0 Å². The number of aryl methyl sites for hydroxylation is 2. The van der Waals surface area contributed by atoms with E-state index in [1.807, 2.05) is 56.3 Å². The minimum Gasteiger partial charge on any atom is -0.324 e. The second-order valence-corrected chi connectivity index (χ2v) is 10.8. The lowest BCUT2D eigenvalue weighted by Gasteiger charge is -2.22. The highest BCUT2D eigenvalue weighted by Crippen LogP contribution is 2.25. The molecule has 3 aromatic carbocycles. The van der Waals surface area contributed by atoms with Gasteiger partial charge >= 0.3 is 0 Å². The Kier molecular flexibility index (Phi) is 8.11. The fraction of sp³-hybridized carbons (Fsp3) is 0.208. The highest BCUT2D eigenvalue weighted by Gasteiger charge is 2.27. The van der Waals surface area contributed by atoms with Crippen LogP contribution in [-0.2, 0) is 21.2 Å². The maximum atomic E-state index is 13.3. The van der Waals surface area contributed by atoms with Gasteiger partial charge in [0.25, 0.3) is 0 Å². The van der Waals surface area contributed by atoms with Gasteiger partial charge in [0.15, 0.2) is 0 Å². The van der Waals surface area contributed by atoms with E-state index in [1.165, 1.54) is 28.6 Å². The molecule has 0 fully saturated rings. The van der Waals surface area contributed by atoms with Crippen LogP contribution in [-0.4, -0.2) is 31.7 Å². The standard InChI is InChI=1S/C24H24BrClN2O3S/c1-17-14-20(25)15-18(2)24(17)27-23(29)16-28(13-12-19-6-4-3-5-7-19)32(30,31)22-10-8-21(26)9-11-22/h3-11,14-15H,12-13,16H2,1-2H3,(H,27,29). The molecule has 0 saturated carbocycles. The van der Waals surface area contributed by atoms with Crippen molar-refractivity contribution in [2.24, 2.45) is 0 Å². The molecule has 0 aliphatic heterocycles. The predicted molar refractivity (Wildman–Crippen MR) is 133 cm³/mol. The number of hydrogen-bond acceptors (Lipinski definition) is 3. The van der Waals surface area contributed by atoms with E-state index in [4.69, 9.17) is 11.6 Å². The van der Waals surface area contributed by atoms with Crippen molar-refractivity contribution in [1.29, 1.82) is 0 Å². The van der Waals surface area contributed by atoms with Crippen molar-refractivity contribution in [3.63, 3.8) is 0 Å². The summed E-state index contributed by atoms with van der Waals surface area (Å²) < 4.78 is 28.8. The number of amides is 1. The molecule has 3 rings (SSSR count). The molecule has 0 atom stereocenters. The number of hydrogen-bond donors (Lipinski definition) is 1. The van der Waals surface area contributed by atoms with Crippen molar-refractivity contribution in [3.05, 3.63) is 92.9 Å². The third-order valence-corrected chi connectivity index (χ3v) is 7.60. The monoisotopic (exact) mass is 534 g/mol. The van der Waals surface area contributed by atoms with Gasteiger partial charge in [-0.3, -0.25) is 4.79 Å². The Morgan fingerprint density at radius 2 is 1.59 bits per heavy atom. The van der Waals surface area contributed by atoms with E-state index in [9.17, 15) is 13.2 Å². The molecule has 0 bridgehead atoms. The topological polar surface area (TPSA) is 66.5 Å². The number of nitrogens with zero attached hydrogens (tertiary/aromatic N) is 1. The van der Waals surface area contributed by atoms with Gasteiger partial charge in [-0.15, -0.1) is 0 Å². The molecule has 0 spiro atoms. The van der Waals surface area contributed by atoms with E-state index in [-0.39, 0.29) is 18.0 Å². The Labute approximate surface area is 202 Å². The summed E-state index contributed by atoms with van der Waals surface area (Å²) in [5.74, 6) is -0.399. The first-order valence-corrected chi connectivity index (χ1v) is 12.6. The summed E-state index contributed by atoms with van der Waals surface area (Å²) in [6.07, 6.45) is 0.483. The molecule has 168 valence electrons. The minimum atomic E-state index is -3.90. The summed E-state index contributed by atoms with van der Waals surface area (Å²) in [6.45, 7) is 3.66. The van der Waals surface area contributed by atoms with E-state index in [1.54, 1.807) is 0 Å². The molecule has 0 aliphatic carbocycles. The normalized spacial score (nSPS) is 11.5. The predicted octanol–water partition coefficient (Wildman–Crippen LogP) is 5.59. The van der Waals surface area contributed by atoms with Gasteiger partial charge in [-0.1, -0.05) is 57.9 Å². The van der Waals surface area contributed by atoms with Crippen molar-refractivity contribution >= 4 is 49.1 Å². The van der Waals surface area contributed by atoms with Crippen LogP contribution in [0.2, 0.25) is 5.02 Å². The number of carbonyl (C=O) groups excluding carboxylic acids is 1. The number of anilines is 1. The second kappa shape index (κ2) is 10.6. The van der Waals surface area contributed by atoms with Crippen LogP contribution in [0.5, 0.6) is 0 Å². The van der Waals surface area contributed by atoms with Crippen LogP contribution >= 0.6 is 27.5 Å². The average molecular weight is 536 g/mol. The molecule has 1 amide bonds. The molecule has 0 radical (unpaired) electrons. The number of halogens is 2.